The number of aromatic nitrogens is 10. The third kappa shape index (κ3) is 25.2. The van der Waals surface area contributed by atoms with E-state index in [0.717, 1.165) is 239 Å². The van der Waals surface area contributed by atoms with Gasteiger partial charge in [0.2, 0.25) is 11.8 Å². The van der Waals surface area contributed by atoms with E-state index in [1.807, 2.05) is 35.2 Å². The molecule has 7 aliphatic heterocycles. The van der Waals surface area contributed by atoms with E-state index in [4.69, 9.17) is 30.1 Å². The normalized spacial score (nSPS) is 21.1. The second-order valence-electron chi connectivity index (χ2n) is 44.3. The number of likely N-dealkylation sites (N-methyl/N-ethyl adjacent to an activating group) is 10. The lowest BCUT2D eigenvalue weighted by Crippen LogP contribution is -2.37. The number of nitrogens with one attached hydrogen (secondary N) is 5. The number of ether oxygens (including phenoxy) is 1. The molecule has 5 aromatic heterocycles. The highest BCUT2D eigenvalue weighted by Gasteiger charge is 2.51. The minimum Gasteiger partial charge on any atom is -0.373 e. The van der Waals surface area contributed by atoms with Crippen molar-refractivity contribution in [3.05, 3.63) is 85.0 Å². The first kappa shape index (κ1) is 106. The highest BCUT2D eigenvalue weighted by Crippen LogP contribution is 2.55. The quantitative estimate of drug-likeness (QED) is 0.0248. The fraction of sp³-hybridized carbons (Fsp3) is 0.844. The Morgan fingerprint density at radius 3 is 0.970 bits per heavy atom. The van der Waals surface area contributed by atoms with Gasteiger partial charge in [-0.2, -0.15) is 20.4 Å². The van der Waals surface area contributed by atoms with Crippen molar-refractivity contribution in [2.75, 3.05) is 169 Å². The van der Waals surface area contributed by atoms with Crippen molar-refractivity contribution in [3.8, 4) is 0 Å². The third-order valence-electron chi connectivity index (χ3n) is 36.5. The predicted molar refractivity (Wildman–Crippen MR) is 548 cm³/mol. The van der Waals surface area contributed by atoms with Crippen molar-refractivity contribution in [1.29, 1.82) is 0 Å². The van der Waals surface area contributed by atoms with Crippen molar-refractivity contribution < 1.29 is 14.3 Å². The number of carbonyl (C=O) groups excluding carboxylic acids is 2. The Hall–Kier alpha value is -5.45. The Kier molecular flexibility index (Phi) is 39.7. The Morgan fingerprint density at radius 2 is 0.634 bits per heavy atom. The molecule has 756 valence electrons. The SMILES string of the molecule is CCC1(CC)CCC(c2c(CN(C)CCNC)nc3n2CCCC3)CC1.CCC1(CC)CCC(c2c(CN(C)CCNC)nn3c2CCC3)CC1.CCC1(CC)CCC(c2c(CN(C)CCNC)nn3c2CCCC3)CC1.CCN1CCC2(CCC(c3c(CN(C)CCNC)nn4c3CCC4)CC2)C1=O.CCN1CCC2(CCC(c3c(CN(C)CCNC)nn4c3COCC4)CC2)C1=O. The number of carbonyl (C=O) groups is 2. The van der Waals surface area contributed by atoms with Gasteiger partial charge in [-0.25, -0.2) is 4.98 Å². The third-order valence-corrected chi connectivity index (χ3v) is 36.5. The average Bonchev–Trinajstić information content (AvgIpc) is 1.61. The first-order chi connectivity index (χ1) is 65.0. The number of amides is 2. The van der Waals surface area contributed by atoms with E-state index >= 15 is 0 Å². The number of fused-ring (bicyclic) bond motifs is 5. The first-order valence-corrected chi connectivity index (χ1v) is 55.3. The summed E-state index contributed by atoms with van der Waals surface area (Å²) in [5.74, 6) is 5.52. The number of nitrogens with zero attached hydrogens (tertiary/aromatic N) is 17. The van der Waals surface area contributed by atoms with Crippen LogP contribution in [0, 0.1) is 27.1 Å². The molecule has 17 rings (SSSR count). The Labute approximate surface area is 812 Å². The van der Waals surface area contributed by atoms with Crippen LogP contribution in [0.5, 0.6) is 0 Å². The van der Waals surface area contributed by atoms with Crippen molar-refractivity contribution in [3.63, 3.8) is 0 Å². The predicted octanol–water partition coefficient (Wildman–Crippen LogP) is 17.0. The van der Waals surface area contributed by atoms with Crippen LogP contribution in [0.2, 0.25) is 0 Å². The van der Waals surface area contributed by atoms with Gasteiger partial charge < -0.3 is 45.7 Å². The van der Waals surface area contributed by atoms with Gasteiger partial charge >= 0.3 is 0 Å². The van der Waals surface area contributed by atoms with Gasteiger partial charge in [-0.1, -0.05) is 80.1 Å². The fourth-order valence-electron chi connectivity index (χ4n) is 26.9. The molecule has 0 unspecified atom stereocenters. The van der Waals surface area contributed by atoms with Crippen LogP contribution in [0.1, 0.15) is 388 Å². The highest BCUT2D eigenvalue weighted by molar-refractivity contribution is 5.85. The maximum absolute atomic E-state index is 12.9. The largest absolute Gasteiger partial charge is 0.373 e. The zero-order valence-electron chi connectivity index (χ0n) is 88.5. The number of imidazole rings is 1. The summed E-state index contributed by atoms with van der Waals surface area (Å²) in [6, 6.07) is 0. The summed E-state index contributed by atoms with van der Waals surface area (Å²) < 4.78 is 17.6. The molecule has 0 aromatic carbocycles. The van der Waals surface area contributed by atoms with Crippen molar-refractivity contribution in [2.24, 2.45) is 27.1 Å². The minimum atomic E-state index is -0.0833. The van der Waals surface area contributed by atoms with Crippen LogP contribution in [0.25, 0.3) is 0 Å². The van der Waals surface area contributed by atoms with Crippen molar-refractivity contribution in [1.82, 2.24) is 110 Å². The Bertz CT molecular complexity index is 4270. The molecular formula is C109H192N22O3. The molecular weight excluding hydrogens is 1670 g/mol. The van der Waals surface area contributed by atoms with Gasteiger partial charge in [0.15, 0.2) is 0 Å². The van der Waals surface area contributed by atoms with Gasteiger partial charge in [0.25, 0.3) is 0 Å². The van der Waals surface area contributed by atoms with Gasteiger partial charge in [-0.15, -0.1) is 0 Å². The molecule has 12 heterocycles. The van der Waals surface area contributed by atoms with Crippen LogP contribution in [-0.4, -0.2) is 263 Å². The lowest BCUT2D eigenvalue weighted by molar-refractivity contribution is -0.138. The molecule has 5 aromatic rings. The molecule has 12 aliphatic rings. The molecule has 0 bridgehead atoms. The van der Waals surface area contributed by atoms with Gasteiger partial charge in [0.05, 0.1) is 64.8 Å². The van der Waals surface area contributed by atoms with E-state index in [0.29, 0.717) is 46.5 Å². The molecule has 2 amide bonds. The summed E-state index contributed by atoms with van der Waals surface area (Å²) in [5.41, 5.74) is 22.2. The molecule has 2 spiro atoms. The molecule has 25 heteroatoms. The lowest BCUT2D eigenvalue weighted by Gasteiger charge is -2.40. The Morgan fingerprint density at radius 1 is 0.336 bits per heavy atom. The first-order valence-electron chi connectivity index (χ1n) is 55.3. The zero-order valence-corrected chi connectivity index (χ0v) is 88.5. The molecule has 0 radical (unpaired) electrons. The van der Waals surface area contributed by atoms with E-state index in [9.17, 15) is 9.59 Å². The number of hydrogen-bond acceptors (Lipinski definition) is 18. The number of aryl methyl sites for hydroxylation is 4. The standard InChI is InChI=1S/C22H37N5O2.C22H37N5O.2C22H40N4.C21H38N4/c1-4-26-11-9-22(21(26)28)7-5-17(6-8-22)20-18(15-25(3)12-10-23-2)24-27-13-14-29-16-19(20)27;1-4-26-14-11-22(21(26)28)9-7-17(8-10-22)20-18(16-25(3)15-12-23-2)24-27-13-5-6-19(20)27;1-5-22(6-2)12-10-18(11-13-22)21-19(17-25(4)16-14-23-3)24-20-9-7-8-15-26(20)21;1-5-22(6-2)12-10-18(11-13-22)21-19(17-25(4)16-14-23-3)24-26-15-8-7-9-20(21)26;1-5-21(6-2)11-9-17(10-12-21)20-18(16-24(4)15-13-22-3)23-25-14-7-8-19(20)25/h17,23H,4-16H2,1-3H3;17,23H,4-16H2,1-3H3;2*18,23H,5-17H2,1-4H3;17,22H,5-16H2,1-4H3. The lowest BCUT2D eigenvalue weighted by atomic mass is 9.66. The van der Waals surface area contributed by atoms with Crippen molar-refractivity contribution in [2.45, 2.75) is 401 Å². The summed E-state index contributed by atoms with van der Waals surface area (Å²) in [7, 11) is 21.2. The maximum atomic E-state index is 12.9. The summed E-state index contributed by atoms with van der Waals surface area (Å²) >= 11 is 0. The minimum absolute atomic E-state index is 0.0490. The van der Waals surface area contributed by atoms with E-state index in [-0.39, 0.29) is 10.8 Å². The summed E-state index contributed by atoms with van der Waals surface area (Å²) in [4.78, 5) is 47.1. The highest BCUT2D eigenvalue weighted by atomic mass is 16.5. The number of rotatable bonds is 38. The van der Waals surface area contributed by atoms with E-state index in [2.05, 4.69) is 175 Å². The summed E-state index contributed by atoms with van der Waals surface area (Å²) in [6.45, 7) is 44.2. The zero-order chi connectivity index (χ0) is 95.2. The molecule has 2 saturated heterocycles. The molecule has 0 atom stereocenters. The van der Waals surface area contributed by atoms with Crippen LogP contribution in [0.3, 0.4) is 0 Å². The van der Waals surface area contributed by atoms with Crippen molar-refractivity contribution >= 4 is 11.8 Å². The molecule has 5 saturated carbocycles. The second-order valence-corrected chi connectivity index (χ2v) is 44.3. The van der Waals surface area contributed by atoms with Gasteiger partial charge in [0.1, 0.15) is 5.82 Å². The number of hydrogen-bond donors (Lipinski definition) is 5. The summed E-state index contributed by atoms with van der Waals surface area (Å²) in [5, 5.41) is 36.4. The van der Waals surface area contributed by atoms with Gasteiger partial charge in [-0.3, -0.25) is 52.8 Å². The van der Waals surface area contributed by atoms with Gasteiger partial charge in [-0.05, 0) is 323 Å². The van der Waals surface area contributed by atoms with Crippen LogP contribution >= 0.6 is 0 Å². The van der Waals surface area contributed by atoms with E-state index in [1.165, 1.54) is 238 Å². The van der Waals surface area contributed by atoms with E-state index in [1.54, 1.807) is 33.8 Å². The Balaban J connectivity index is 0.000000142. The molecule has 5 aliphatic carbocycles. The van der Waals surface area contributed by atoms with Crippen LogP contribution in [0.4, 0.5) is 0 Å². The second kappa shape index (κ2) is 50.3. The maximum Gasteiger partial charge on any atom is 0.228 e. The smallest absolute Gasteiger partial charge is 0.228 e. The number of likely N-dealkylation sites (tertiary alicyclic amines) is 2. The summed E-state index contributed by atoms with van der Waals surface area (Å²) in [6.07, 6.45) is 48.1. The molecule has 5 N–H and O–H groups in total. The molecule has 25 nitrogen and oxygen atoms in total. The van der Waals surface area contributed by atoms with Crippen LogP contribution in [0.15, 0.2) is 0 Å². The fourth-order valence-corrected chi connectivity index (χ4v) is 26.9. The van der Waals surface area contributed by atoms with Crippen LogP contribution in [-0.2, 0) is 112 Å². The van der Waals surface area contributed by atoms with Crippen LogP contribution < -0.4 is 26.6 Å². The monoisotopic (exact) mass is 1860 g/mol. The molecule has 134 heavy (non-hydrogen) atoms. The average molecular weight is 1860 g/mol. The van der Waals surface area contributed by atoms with E-state index < -0.39 is 0 Å². The molecule has 7 fully saturated rings. The van der Waals surface area contributed by atoms with Gasteiger partial charge in [0, 0.05) is 208 Å². The topological polar surface area (TPSA) is 215 Å².